The second-order valence-electron chi connectivity index (χ2n) is 6.54. The molecule has 0 spiro atoms. The van der Waals surface area contributed by atoms with Crippen molar-refractivity contribution in [2.24, 2.45) is 0 Å². The summed E-state index contributed by atoms with van der Waals surface area (Å²) in [6.45, 7) is 2.07. The Bertz CT molecular complexity index is 1100. The Morgan fingerprint density at radius 2 is 1.61 bits per heavy atom. The molecule has 0 aliphatic carbocycles. The van der Waals surface area contributed by atoms with Gasteiger partial charge in [0.1, 0.15) is 0 Å². The van der Waals surface area contributed by atoms with Crippen LogP contribution in [0.25, 0.3) is 16.9 Å². The highest BCUT2D eigenvalue weighted by Gasteiger charge is 2.07. The third-order valence-electron chi connectivity index (χ3n) is 4.46. The van der Waals surface area contributed by atoms with Crippen LogP contribution in [0.2, 0.25) is 5.02 Å². The molecule has 1 N–H and O–H groups in total. The summed E-state index contributed by atoms with van der Waals surface area (Å²) in [5.41, 5.74) is 5.43. The summed E-state index contributed by atoms with van der Waals surface area (Å²) in [7, 11) is 0. The summed E-state index contributed by atoms with van der Waals surface area (Å²) in [5, 5.41) is 3.49. The minimum absolute atomic E-state index is 0.173. The SMILES string of the molecule is Cc1ccc(-n2cnc(-c3ccc(NC(=O)c4ccc(Cl)cc4)cc3)c2)cc1. The number of carbonyl (C=O) groups is 1. The predicted octanol–water partition coefficient (Wildman–Crippen LogP) is 5.75. The second kappa shape index (κ2) is 7.71. The monoisotopic (exact) mass is 387 g/mol. The van der Waals surface area contributed by atoms with E-state index in [0.29, 0.717) is 10.6 Å². The summed E-state index contributed by atoms with van der Waals surface area (Å²) in [6, 6.07) is 22.7. The number of aryl methyl sites for hydroxylation is 1. The highest BCUT2D eigenvalue weighted by molar-refractivity contribution is 6.30. The van der Waals surface area contributed by atoms with Crippen LogP contribution in [0.4, 0.5) is 5.69 Å². The van der Waals surface area contributed by atoms with Crippen LogP contribution in [0.3, 0.4) is 0 Å². The number of rotatable bonds is 4. The van der Waals surface area contributed by atoms with E-state index in [1.165, 1.54) is 5.56 Å². The Morgan fingerprint density at radius 1 is 0.929 bits per heavy atom. The molecule has 0 fully saturated rings. The van der Waals surface area contributed by atoms with Crippen molar-refractivity contribution in [3.05, 3.63) is 101 Å². The van der Waals surface area contributed by atoms with Gasteiger partial charge >= 0.3 is 0 Å². The van der Waals surface area contributed by atoms with Crippen molar-refractivity contribution in [3.8, 4) is 16.9 Å². The van der Waals surface area contributed by atoms with Crippen LogP contribution in [0.1, 0.15) is 15.9 Å². The number of hydrogen-bond acceptors (Lipinski definition) is 2. The molecule has 0 saturated carbocycles. The van der Waals surface area contributed by atoms with Crippen LogP contribution < -0.4 is 5.32 Å². The molecule has 0 atom stereocenters. The Hall–Kier alpha value is -3.37. The van der Waals surface area contributed by atoms with Gasteiger partial charge in [0.05, 0.1) is 12.0 Å². The fourth-order valence-corrected chi connectivity index (χ4v) is 2.98. The molecular weight excluding hydrogens is 370 g/mol. The zero-order valence-electron chi connectivity index (χ0n) is 15.3. The fourth-order valence-electron chi connectivity index (χ4n) is 2.86. The Morgan fingerprint density at radius 3 is 2.29 bits per heavy atom. The Labute approximate surface area is 168 Å². The van der Waals surface area contributed by atoms with Gasteiger partial charge in [-0.15, -0.1) is 0 Å². The third kappa shape index (κ3) is 3.97. The molecule has 0 aliphatic rings. The molecule has 4 aromatic rings. The van der Waals surface area contributed by atoms with E-state index >= 15 is 0 Å². The normalized spacial score (nSPS) is 10.6. The highest BCUT2D eigenvalue weighted by Crippen LogP contribution is 2.22. The number of aromatic nitrogens is 2. The van der Waals surface area contributed by atoms with Gasteiger partial charge in [-0.25, -0.2) is 4.98 Å². The molecular formula is C23H18ClN3O. The summed E-state index contributed by atoms with van der Waals surface area (Å²) < 4.78 is 1.99. The van der Waals surface area contributed by atoms with Gasteiger partial charge in [-0.1, -0.05) is 41.4 Å². The molecule has 4 nitrogen and oxygen atoms in total. The van der Waals surface area contributed by atoms with Crippen molar-refractivity contribution < 1.29 is 4.79 Å². The lowest BCUT2D eigenvalue weighted by Crippen LogP contribution is -2.11. The number of nitrogens with zero attached hydrogens (tertiary/aromatic N) is 2. The zero-order chi connectivity index (χ0) is 19.5. The first kappa shape index (κ1) is 18.0. The van der Waals surface area contributed by atoms with Gasteiger partial charge < -0.3 is 9.88 Å². The Kier molecular flexibility index (Phi) is 4.96. The van der Waals surface area contributed by atoms with E-state index in [1.54, 1.807) is 30.6 Å². The first-order chi connectivity index (χ1) is 13.6. The van der Waals surface area contributed by atoms with Gasteiger partial charge in [0.2, 0.25) is 0 Å². The summed E-state index contributed by atoms with van der Waals surface area (Å²) in [4.78, 5) is 16.8. The van der Waals surface area contributed by atoms with Crippen LogP contribution >= 0.6 is 11.6 Å². The summed E-state index contributed by atoms with van der Waals surface area (Å²) in [5.74, 6) is -0.173. The average molecular weight is 388 g/mol. The second-order valence-corrected chi connectivity index (χ2v) is 6.98. The minimum Gasteiger partial charge on any atom is -0.322 e. The van der Waals surface area contributed by atoms with Crippen LogP contribution in [0, 0.1) is 6.92 Å². The molecule has 0 unspecified atom stereocenters. The highest BCUT2D eigenvalue weighted by atomic mass is 35.5. The maximum Gasteiger partial charge on any atom is 0.255 e. The van der Waals surface area contributed by atoms with Crippen LogP contribution in [0.5, 0.6) is 0 Å². The lowest BCUT2D eigenvalue weighted by molar-refractivity contribution is 0.102. The minimum atomic E-state index is -0.173. The molecule has 4 rings (SSSR count). The first-order valence-electron chi connectivity index (χ1n) is 8.87. The van der Waals surface area contributed by atoms with E-state index in [2.05, 4.69) is 41.5 Å². The lowest BCUT2D eigenvalue weighted by atomic mass is 10.1. The standard InChI is InChI=1S/C23H18ClN3O/c1-16-2-12-21(13-3-16)27-14-22(25-15-27)17-6-10-20(11-7-17)26-23(28)18-4-8-19(24)9-5-18/h2-15H,1H3,(H,26,28). The Balaban J connectivity index is 1.48. The lowest BCUT2D eigenvalue weighted by Gasteiger charge is -2.06. The smallest absolute Gasteiger partial charge is 0.255 e. The molecule has 0 saturated heterocycles. The number of anilines is 1. The molecule has 3 aromatic carbocycles. The molecule has 0 radical (unpaired) electrons. The van der Waals surface area contributed by atoms with Crippen LogP contribution in [-0.2, 0) is 0 Å². The van der Waals surface area contributed by atoms with Crippen molar-refractivity contribution in [2.75, 3.05) is 5.32 Å². The van der Waals surface area contributed by atoms with Gasteiger partial charge in [-0.05, 0) is 55.5 Å². The quantitative estimate of drug-likeness (QED) is 0.484. The van der Waals surface area contributed by atoms with Crippen molar-refractivity contribution in [3.63, 3.8) is 0 Å². The van der Waals surface area contributed by atoms with Gasteiger partial charge in [0.15, 0.2) is 0 Å². The first-order valence-corrected chi connectivity index (χ1v) is 9.25. The predicted molar refractivity (Wildman–Crippen MR) is 113 cm³/mol. The summed E-state index contributed by atoms with van der Waals surface area (Å²) >= 11 is 5.86. The van der Waals surface area contributed by atoms with E-state index in [0.717, 1.165) is 22.6 Å². The number of hydrogen-bond donors (Lipinski definition) is 1. The molecule has 1 heterocycles. The molecule has 1 amide bonds. The van der Waals surface area contributed by atoms with Gasteiger partial charge in [0.25, 0.3) is 5.91 Å². The molecule has 1 aromatic heterocycles. The van der Waals surface area contributed by atoms with Crippen molar-refractivity contribution in [2.45, 2.75) is 6.92 Å². The maximum absolute atomic E-state index is 12.3. The number of amides is 1. The number of halogens is 1. The topological polar surface area (TPSA) is 46.9 Å². The van der Waals surface area contributed by atoms with E-state index < -0.39 is 0 Å². The number of imidazole rings is 1. The largest absolute Gasteiger partial charge is 0.322 e. The van der Waals surface area contributed by atoms with E-state index in [1.807, 2.05) is 35.0 Å². The van der Waals surface area contributed by atoms with Gasteiger partial charge in [0, 0.05) is 33.7 Å². The zero-order valence-corrected chi connectivity index (χ0v) is 16.0. The van der Waals surface area contributed by atoms with Crippen molar-refractivity contribution in [1.29, 1.82) is 0 Å². The fraction of sp³-hybridized carbons (Fsp3) is 0.0435. The summed E-state index contributed by atoms with van der Waals surface area (Å²) in [6.07, 6.45) is 3.79. The molecule has 0 bridgehead atoms. The maximum atomic E-state index is 12.3. The average Bonchev–Trinajstić information content (AvgIpc) is 3.20. The third-order valence-corrected chi connectivity index (χ3v) is 4.71. The molecule has 5 heteroatoms. The number of carbonyl (C=O) groups excluding carboxylic acids is 1. The van der Waals surface area contributed by atoms with Gasteiger partial charge in [-0.2, -0.15) is 0 Å². The van der Waals surface area contributed by atoms with Gasteiger partial charge in [-0.3, -0.25) is 4.79 Å². The number of benzene rings is 3. The van der Waals surface area contributed by atoms with Crippen LogP contribution in [0.15, 0.2) is 85.3 Å². The van der Waals surface area contributed by atoms with Crippen LogP contribution in [-0.4, -0.2) is 15.5 Å². The van der Waals surface area contributed by atoms with Crippen molar-refractivity contribution >= 4 is 23.2 Å². The molecule has 28 heavy (non-hydrogen) atoms. The van der Waals surface area contributed by atoms with E-state index in [4.69, 9.17) is 11.6 Å². The molecule has 0 aliphatic heterocycles. The molecule has 138 valence electrons. The number of nitrogens with one attached hydrogen (secondary N) is 1. The van der Waals surface area contributed by atoms with E-state index in [9.17, 15) is 4.79 Å². The van der Waals surface area contributed by atoms with E-state index in [-0.39, 0.29) is 5.91 Å². The van der Waals surface area contributed by atoms with Crippen molar-refractivity contribution in [1.82, 2.24) is 9.55 Å².